The second-order valence-corrected chi connectivity index (χ2v) is 6.76. The summed E-state index contributed by atoms with van der Waals surface area (Å²) < 4.78 is 11.0. The van der Waals surface area contributed by atoms with E-state index in [2.05, 4.69) is 4.90 Å². The molecule has 0 radical (unpaired) electrons. The van der Waals surface area contributed by atoms with Crippen molar-refractivity contribution in [2.45, 2.75) is 52.2 Å². The van der Waals surface area contributed by atoms with E-state index in [0.717, 1.165) is 45.6 Å². The molecule has 0 aromatic heterocycles. The summed E-state index contributed by atoms with van der Waals surface area (Å²) in [6.07, 6.45) is 1.84. The maximum absolute atomic E-state index is 12.1. The van der Waals surface area contributed by atoms with Crippen molar-refractivity contribution in [2.75, 3.05) is 45.9 Å². The SMILES string of the molecule is CCOC(CN)CCN1CCCN(C(=O)OC(C)(C)C)CC1. The molecule has 6 heteroatoms. The van der Waals surface area contributed by atoms with Crippen molar-refractivity contribution < 1.29 is 14.3 Å². The van der Waals surface area contributed by atoms with Crippen LogP contribution in [0, 0.1) is 0 Å². The molecule has 0 aliphatic carbocycles. The van der Waals surface area contributed by atoms with Gasteiger partial charge in [0.05, 0.1) is 6.10 Å². The quantitative estimate of drug-likeness (QED) is 0.808. The Morgan fingerprint density at radius 2 is 1.95 bits per heavy atom. The number of nitrogens with two attached hydrogens (primary N) is 1. The lowest BCUT2D eigenvalue weighted by Crippen LogP contribution is -2.39. The second-order valence-electron chi connectivity index (χ2n) is 6.76. The molecule has 1 unspecified atom stereocenters. The predicted molar refractivity (Wildman–Crippen MR) is 87.9 cm³/mol. The number of hydrogen-bond acceptors (Lipinski definition) is 5. The average molecular weight is 315 g/mol. The van der Waals surface area contributed by atoms with Gasteiger partial charge < -0.3 is 25.0 Å². The standard InChI is InChI=1S/C16H33N3O3/c1-5-21-14(13-17)7-10-18-8-6-9-19(12-11-18)15(20)22-16(2,3)4/h14H,5-13,17H2,1-4H3. The van der Waals surface area contributed by atoms with E-state index in [1.807, 2.05) is 32.6 Å². The monoisotopic (exact) mass is 315 g/mol. The van der Waals surface area contributed by atoms with E-state index in [1.54, 1.807) is 0 Å². The fourth-order valence-electron chi connectivity index (χ4n) is 2.54. The molecule has 0 aromatic carbocycles. The number of nitrogens with zero attached hydrogens (tertiary/aromatic N) is 2. The molecule has 22 heavy (non-hydrogen) atoms. The van der Waals surface area contributed by atoms with Crippen LogP contribution in [-0.4, -0.2) is 73.5 Å². The minimum atomic E-state index is -0.436. The van der Waals surface area contributed by atoms with Crippen LogP contribution in [-0.2, 0) is 9.47 Å². The molecule has 0 spiro atoms. The van der Waals surface area contributed by atoms with Gasteiger partial charge in [0.15, 0.2) is 0 Å². The molecule has 130 valence electrons. The van der Waals surface area contributed by atoms with E-state index in [-0.39, 0.29) is 12.2 Å². The zero-order valence-electron chi connectivity index (χ0n) is 14.6. The lowest BCUT2D eigenvalue weighted by molar-refractivity contribution is 0.0254. The first-order valence-corrected chi connectivity index (χ1v) is 8.37. The van der Waals surface area contributed by atoms with Gasteiger partial charge in [0.1, 0.15) is 5.60 Å². The highest BCUT2D eigenvalue weighted by molar-refractivity contribution is 5.68. The Hall–Kier alpha value is -0.850. The lowest BCUT2D eigenvalue weighted by atomic mass is 10.2. The van der Waals surface area contributed by atoms with Gasteiger partial charge >= 0.3 is 6.09 Å². The van der Waals surface area contributed by atoms with Gasteiger partial charge in [-0.2, -0.15) is 0 Å². The minimum absolute atomic E-state index is 0.134. The van der Waals surface area contributed by atoms with Gasteiger partial charge in [0, 0.05) is 39.3 Å². The molecule has 1 amide bonds. The molecular weight excluding hydrogens is 282 g/mol. The smallest absolute Gasteiger partial charge is 0.410 e. The Bertz CT molecular complexity index is 331. The van der Waals surface area contributed by atoms with Gasteiger partial charge in [-0.1, -0.05) is 0 Å². The summed E-state index contributed by atoms with van der Waals surface area (Å²) in [7, 11) is 0. The molecule has 1 rings (SSSR count). The molecule has 2 N–H and O–H groups in total. The van der Waals surface area contributed by atoms with E-state index in [4.69, 9.17) is 15.2 Å². The predicted octanol–water partition coefficient (Wildman–Crippen LogP) is 1.68. The molecule has 0 aromatic rings. The first-order chi connectivity index (χ1) is 10.4. The van der Waals surface area contributed by atoms with Crippen molar-refractivity contribution in [2.24, 2.45) is 5.73 Å². The molecule has 1 fully saturated rings. The normalized spacial score (nSPS) is 18.9. The van der Waals surface area contributed by atoms with Gasteiger partial charge in [0.2, 0.25) is 0 Å². The number of carbonyl (C=O) groups is 1. The summed E-state index contributed by atoms with van der Waals surface area (Å²) in [4.78, 5) is 16.3. The summed E-state index contributed by atoms with van der Waals surface area (Å²) in [6, 6.07) is 0. The van der Waals surface area contributed by atoms with Crippen LogP contribution in [0.2, 0.25) is 0 Å². The van der Waals surface area contributed by atoms with Crippen LogP contribution in [0.5, 0.6) is 0 Å². The van der Waals surface area contributed by atoms with Crippen LogP contribution in [0.3, 0.4) is 0 Å². The van der Waals surface area contributed by atoms with E-state index >= 15 is 0 Å². The Morgan fingerprint density at radius 3 is 2.55 bits per heavy atom. The highest BCUT2D eigenvalue weighted by Crippen LogP contribution is 2.12. The van der Waals surface area contributed by atoms with Gasteiger partial charge in [-0.15, -0.1) is 0 Å². The number of amides is 1. The molecule has 1 atom stereocenters. The van der Waals surface area contributed by atoms with Crippen molar-refractivity contribution >= 4 is 6.09 Å². The van der Waals surface area contributed by atoms with Crippen molar-refractivity contribution in [3.05, 3.63) is 0 Å². The Kier molecular flexibility index (Phi) is 8.14. The van der Waals surface area contributed by atoms with E-state index in [0.29, 0.717) is 13.2 Å². The van der Waals surface area contributed by atoms with Crippen LogP contribution in [0.1, 0.15) is 40.5 Å². The van der Waals surface area contributed by atoms with Gasteiger partial charge in [-0.3, -0.25) is 0 Å². The first kappa shape index (κ1) is 19.2. The van der Waals surface area contributed by atoms with Gasteiger partial charge in [0.25, 0.3) is 0 Å². The summed E-state index contributed by atoms with van der Waals surface area (Å²) in [6.45, 7) is 13.3. The van der Waals surface area contributed by atoms with Gasteiger partial charge in [-0.05, 0) is 47.1 Å². The van der Waals surface area contributed by atoms with Crippen LogP contribution >= 0.6 is 0 Å². The fraction of sp³-hybridized carbons (Fsp3) is 0.938. The third kappa shape index (κ3) is 7.42. The Labute approximate surface area is 134 Å². The van der Waals surface area contributed by atoms with Crippen molar-refractivity contribution in [1.82, 2.24) is 9.80 Å². The van der Waals surface area contributed by atoms with Crippen molar-refractivity contribution in [1.29, 1.82) is 0 Å². The molecule has 1 aliphatic heterocycles. The Balaban J connectivity index is 2.37. The number of ether oxygens (including phenoxy) is 2. The second kappa shape index (κ2) is 9.33. The molecule has 1 saturated heterocycles. The highest BCUT2D eigenvalue weighted by Gasteiger charge is 2.24. The van der Waals surface area contributed by atoms with Crippen LogP contribution < -0.4 is 5.73 Å². The zero-order chi connectivity index (χ0) is 16.6. The topological polar surface area (TPSA) is 68.0 Å². The fourth-order valence-corrected chi connectivity index (χ4v) is 2.54. The summed E-state index contributed by atoms with van der Waals surface area (Å²) in [5.41, 5.74) is 5.28. The van der Waals surface area contributed by atoms with Crippen LogP contribution in [0.15, 0.2) is 0 Å². The third-order valence-electron chi connectivity index (χ3n) is 3.67. The minimum Gasteiger partial charge on any atom is -0.444 e. The number of hydrogen-bond donors (Lipinski definition) is 1. The van der Waals surface area contributed by atoms with E-state index in [1.165, 1.54) is 0 Å². The van der Waals surface area contributed by atoms with Crippen LogP contribution in [0.25, 0.3) is 0 Å². The number of rotatable bonds is 6. The van der Waals surface area contributed by atoms with Crippen molar-refractivity contribution in [3.8, 4) is 0 Å². The number of carbonyl (C=O) groups excluding carboxylic acids is 1. The van der Waals surface area contributed by atoms with E-state index in [9.17, 15) is 4.79 Å². The maximum atomic E-state index is 12.1. The molecule has 0 saturated carbocycles. The third-order valence-corrected chi connectivity index (χ3v) is 3.67. The molecule has 6 nitrogen and oxygen atoms in total. The largest absolute Gasteiger partial charge is 0.444 e. The summed E-state index contributed by atoms with van der Waals surface area (Å²) >= 11 is 0. The first-order valence-electron chi connectivity index (χ1n) is 8.37. The van der Waals surface area contributed by atoms with Crippen LogP contribution in [0.4, 0.5) is 4.79 Å². The average Bonchev–Trinajstić information content (AvgIpc) is 2.67. The van der Waals surface area contributed by atoms with Gasteiger partial charge in [-0.25, -0.2) is 4.79 Å². The lowest BCUT2D eigenvalue weighted by Gasteiger charge is -2.26. The molecular formula is C16H33N3O3. The molecule has 0 bridgehead atoms. The van der Waals surface area contributed by atoms with Crippen molar-refractivity contribution in [3.63, 3.8) is 0 Å². The molecule has 1 heterocycles. The highest BCUT2D eigenvalue weighted by atomic mass is 16.6. The summed E-state index contributed by atoms with van der Waals surface area (Å²) in [5.74, 6) is 0. The zero-order valence-corrected chi connectivity index (χ0v) is 14.6. The van der Waals surface area contributed by atoms with E-state index < -0.39 is 5.60 Å². The maximum Gasteiger partial charge on any atom is 0.410 e. The molecule has 1 aliphatic rings. The summed E-state index contributed by atoms with van der Waals surface area (Å²) in [5, 5.41) is 0. The Morgan fingerprint density at radius 1 is 1.23 bits per heavy atom.